The molecule has 11 heteroatoms. The van der Waals surface area contributed by atoms with Crippen molar-refractivity contribution in [2.24, 2.45) is 5.10 Å². The van der Waals surface area contributed by atoms with Gasteiger partial charge < -0.3 is 0 Å². The van der Waals surface area contributed by atoms with Gasteiger partial charge in [-0.3, -0.25) is 9.10 Å². The van der Waals surface area contributed by atoms with E-state index >= 15 is 0 Å². The van der Waals surface area contributed by atoms with E-state index in [-0.39, 0.29) is 27.4 Å². The van der Waals surface area contributed by atoms with Crippen LogP contribution in [0, 0.1) is 0 Å². The fraction of sp³-hybridized carbons (Fsp3) is 0.0800. The molecule has 0 saturated carbocycles. The zero-order chi connectivity index (χ0) is 25.9. The molecule has 184 valence electrons. The van der Waals surface area contributed by atoms with E-state index in [0.717, 1.165) is 21.5 Å². The van der Waals surface area contributed by atoms with Gasteiger partial charge >= 0.3 is 0 Å². The third-order valence-electron chi connectivity index (χ3n) is 5.22. The first-order valence-corrected chi connectivity index (χ1v) is 13.5. The summed E-state index contributed by atoms with van der Waals surface area (Å²) in [6.45, 7) is 0.00636. The van der Waals surface area contributed by atoms with Crippen LogP contribution in [0.25, 0.3) is 10.9 Å². The number of sulfonamides is 1. The van der Waals surface area contributed by atoms with Crippen LogP contribution in [0.5, 0.6) is 0 Å². The van der Waals surface area contributed by atoms with Crippen LogP contribution in [-0.4, -0.2) is 31.8 Å². The lowest BCUT2D eigenvalue weighted by Crippen LogP contribution is -2.29. The number of rotatable bonds is 7. The van der Waals surface area contributed by atoms with Crippen molar-refractivity contribution in [2.75, 3.05) is 10.6 Å². The number of amides is 1. The van der Waals surface area contributed by atoms with E-state index in [9.17, 15) is 13.2 Å². The summed E-state index contributed by atoms with van der Waals surface area (Å²) >= 11 is 18.5. The second-order valence-corrected chi connectivity index (χ2v) is 10.8. The van der Waals surface area contributed by atoms with Gasteiger partial charge in [0.25, 0.3) is 5.91 Å². The summed E-state index contributed by atoms with van der Waals surface area (Å²) < 4.78 is 26.0. The summed E-state index contributed by atoms with van der Waals surface area (Å²) in [5.74, 6) is -0.444. The van der Waals surface area contributed by atoms with Crippen LogP contribution in [-0.2, 0) is 16.6 Å². The number of aromatic nitrogens is 1. The van der Waals surface area contributed by atoms with Gasteiger partial charge in [0.2, 0.25) is 10.0 Å². The molecule has 1 amide bonds. The first-order valence-electron chi connectivity index (χ1n) is 10.5. The number of halogens is 3. The fourth-order valence-corrected chi connectivity index (χ4v) is 4.95. The van der Waals surface area contributed by atoms with Crippen molar-refractivity contribution in [3.05, 3.63) is 105 Å². The average Bonchev–Trinajstić information content (AvgIpc) is 2.84. The van der Waals surface area contributed by atoms with Crippen molar-refractivity contribution < 1.29 is 13.2 Å². The number of pyridine rings is 1. The normalized spacial score (nSPS) is 11.7. The van der Waals surface area contributed by atoms with Crippen LogP contribution < -0.4 is 9.73 Å². The summed E-state index contributed by atoms with van der Waals surface area (Å²) in [5, 5.41) is 5.53. The van der Waals surface area contributed by atoms with Crippen LogP contribution in [0.4, 0.5) is 5.69 Å². The number of hydrogen-bond acceptors (Lipinski definition) is 5. The number of hydrogen-bond donors (Lipinski definition) is 1. The zero-order valence-corrected chi connectivity index (χ0v) is 21.9. The van der Waals surface area contributed by atoms with Gasteiger partial charge in [0, 0.05) is 16.5 Å². The lowest BCUT2D eigenvalue weighted by Gasteiger charge is -2.24. The van der Waals surface area contributed by atoms with E-state index in [4.69, 9.17) is 34.8 Å². The highest BCUT2D eigenvalue weighted by Crippen LogP contribution is 2.34. The maximum atomic E-state index is 12.5. The Hall–Kier alpha value is -3.17. The number of carbonyl (C=O) groups excluding carboxylic acids is 1. The van der Waals surface area contributed by atoms with Gasteiger partial charge in [-0.15, -0.1) is 0 Å². The topological polar surface area (TPSA) is 91.7 Å². The van der Waals surface area contributed by atoms with Crippen LogP contribution in [0.15, 0.2) is 77.9 Å². The molecule has 0 bridgehead atoms. The van der Waals surface area contributed by atoms with E-state index in [0.29, 0.717) is 16.7 Å². The first kappa shape index (κ1) is 25.9. The van der Waals surface area contributed by atoms with Crippen molar-refractivity contribution >= 4 is 73.5 Å². The number of fused-ring (bicyclic) bond motifs is 1. The summed E-state index contributed by atoms with van der Waals surface area (Å²) in [7, 11) is -3.66. The summed E-state index contributed by atoms with van der Waals surface area (Å²) in [6.07, 6.45) is 2.51. The van der Waals surface area contributed by atoms with E-state index in [1.807, 2.05) is 30.3 Å². The largest absolute Gasteiger partial charge is 0.271 e. The smallest absolute Gasteiger partial charge is 0.267 e. The third-order valence-corrected chi connectivity index (χ3v) is 7.45. The maximum absolute atomic E-state index is 12.5. The number of benzene rings is 3. The van der Waals surface area contributed by atoms with E-state index in [1.165, 1.54) is 6.21 Å². The van der Waals surface area contributed by atoms with Crippen LogP contribution >= 0.6 is 34.8 Å². The zero-order valence-electron chi connectivity index (χ0n) is 18.8. The van der Waals surface area contributed by atoms with Crippen LogP contribution in [0.3, 0.4) is 0 Å². The van der Waals surface area contributed by atoms with E-state index < -0.39 is 15.9 Å². The molecule has 0 aliphatic rings. The Bertz CT molecular complexity index is 1580. The van der Waals surface area contributed by atoms with Crippen molar-refractivity contribution in [3.8, 4) is 0 Å². The molecule has 1 aromatic heterocycles. The highest BCUT2D eigenvalue weighted by molar-refractivity contribution is 7.92. The second kappa shape index (κ2) is 10.8. The van der Waals surface area contributed by atoms with Crippen LogP contribution in [0.1, 0.15) is 21.5 Å². The monoisotopic (exact) mass is 560 g/mol. The number of para-hydroxylation sites is 1. The molecule has 4 rings (SSSR count). The molecule has 0 fully saturated rings. The molecular weight excluding hydrogens is 543 g/mol. The molecular formula is C25H19Cl3N4O3S. The molecule has 1 heterocycles. The number of hydrazone groups is 1. The standard InChI is InChI=1S/C25H19Cl3N4O3S/c1-36(34,35)32(22-8-4-6-20(26)23(22)27)15-16-9-11-17(12-10-16)25(33)31-29-14-19-13-18-5-2-3-7-21(18)30-24(19)28/h2-14H,15H2,1H3,(H,31,33)/b29-14-. The number of anilines is 1. The Morgan fingerprint density at radius 2 is 1.75 bits per heavy atom. The molecule has 0 radical (unpaired) electrons. The molecule has 4 aromatic rings. The summed E-state index contributed by atoms with van der Waals surface area (Å²) in [4.78, 5) is 16.8. The van der Waals surface area contributed by atoms with Gasteiger partial charge in [-0.2, -0.15) is 5.10 Å². The van der Waals surface area contributed by atoms with Gasteiger partial charge in [-0.25, -0.2) is 18.8 Å². The second-order valence-electron chi connectivity index (χ2n) is 7.80. The summed E-state index contributed by atoms with van der Waals surface area (Å²) in [5.41, 5.74) is 5.02. The molecule has 0 spiro atoms. The summed E-state index contributed by atoms with van der Waals surface area (Å²) in [6, 6.07) is 20.6. The van der Waals surface area contributed by atoms with Crippen molar-refractivity contribution in [3.63, 3.8) is 0 Å². The maximum Gasteiger partial charge on any atom is 0.271 e. The molecule has 7 nitrogen and oxygen atoms in total. The van der Waals surface area contributed by atoms with Crippen molar-refractivity contribution in [1.29, 1.82) is 0 Å². The highest BCUT2D eigenvalue weighted by atomic mass is 35.5. The van der Waals surface area contributed by atoms with Gasteiger partial charge in [-0.05, 0) is 42.0 Å². The molecule has 0 atom stereocenters. The molecule has 0 aliphatic carbocycles. The minimum Gasteiger partial charge on any atom is -0.267 e. The Morgan fingerprint density at radius 3 is 2.47 bits per heavy atom. The molecule has 0 unspecified atom stereocenters. The molecule has 0 aliphatic heterocycles. The van der Waals surface area contributed by atoms with Gasteiger partial charge in [0.1, 0.15) is 5.15 Å². The molecule has 36 heavy (non-hydrogen) atoms. The Labute approximate surface area is 223 Å². The van der Waals surface area contributed by atoms with Crippen molar-refractivity contribution in [1.82, 2.24) is 10.4 Å². The van der Waals surface area contributed by atoms with Gasteiger partial charge in [0.15, 0.2) is 0 Å². The number of carbonyl (C=O) groups is 1. The minimum absolute atomic E-state index is 0.00636. The quantitative estimate of drug-likeness (QED) is 0.172. The number of nitrogens with one attached hydrogen (secondary N) is 1. The predicted octanol–water partition coefficient (Wildman–Crippen LogP) is 5.93. The molecule has 3 aromatic carbocycles. The predicted molar refractivity (Wildman–Crippen MR) is 146 cm³/mol. The lowest BCUT2D eigenvalue weighted by atomic mass is 10.1. The first-order chi connectivity index (χ1) is 17.1. The van der Waals surface area contributed by atoms with Crippen LogP contribution in [0.2, 0.25) is 15.2 Å². The Morgan fingerprint density at radius 1 is 1.03 bits per heavy atom. The highest BCUT2D eigenvalue weighted by Gasteiger charge is 2.21. The number of nitrogens with zero attached hydrogens (tertiary/aromatic N) is 3. The minimum atomic E-state index is -3.66. The average molecular weight is 562 g/mol. The molecule has 0 saturated heterocycles. The lowest BCUT2D eigenvalue weighted by molar-refractivity contribution is 0.0955. The van der Waals surface area contributed by atoms with Crippen molar-refractivity contribution in [2.45, 2.75) is 6.54 Å². The fourth-order valence-electron chi connectivity index (χ4n) is 3.42. The van der Waals surface area contributed by atoms with E-state index in [2.05, 4.69) is 15.5 Å². The Balaban J connectivity index is 1.46. The SMILES string of the molecule is CS(=O)(=O)N(Cc1ccc(C(=O)N/N=C\c2cc3ccccc3nc2Cl)cc1)c1cccc(Cl)c1Cl. The van der Waals surface area contributed by atoms with Gasteiger partial charge in [0.05, 0.1) is 40.3 Å². The Kier molecular flexibility index (Phi) is 7.80. The van der Waals surface area contributed by atoms with Gasteiger partial charge in [-0.1, -0.05) is 71.2 Å². The van der Waals surface area contributed by atoms with E-state index in [1.54, 1.807) is 42.5 Å². The molecule has 1 N–H and O–H groups in total. The third kappa shape index (κ3) is 5.96.